The van der Waals surface area contributed by atoms with Crippen molar-refractivity contribution in [3.05, 3.63) is 52.4 Å². The van der Waals surface area contributed by atoms with Crippen LogP contribution in [-0.2, 0) is 0 Å². The molecule has 0 heterocycles. The summed E-state index contributed by atoms with van der Waals surface area (Å²) in [5.74, 6) is 0. The Kier molecular flexibility index (Phi) is 3.28. The van der Waals surface area contributed by atoms with Crippen LogP contribution in [0.4, 0.5) is 22.7 Å². The number of hydrogen-bond acceptors (Lipinski definition) is 4. The molecule has 0 spiro atoms. The molecule has 0 amide bonds. The minimum Gasteiger partial charge on any atom is -0.399 e. The van der Waals surface area contributed by atoms with Gasteiger partial charge in [0, 0.05) is 17.1 Å². The van der Waals surface area contributed by atoms with Crippen LogP contribution in [0, 0.1) is 18.8 Å². The van der Waals surface area contributed by atoms with Gasteiger partial charge in [-0.05, 0) is 66.5 Å². The molecule has 18 heavy (non-hydrogen) atoms. The Morgan fingerprint density at radius 2 is 1.67 bits per heavy atom. The minimum absolute atomic E-state index is 0.422. The fourth-order valence-electron chi connectivity index (χ4n) is 1.74. The van der Waals surface area contributed by atoms with Gasteiger partial charge >= 0.3 is 0 Å². The highest BCUT2D eigenvalue weighted by molar-refractivity contribution is 5.69. The van der Waals surface area contributed by atoms with Crippen molar-refractivity contribution in [1.82, 2.24) is 0 Å². The Morgan fingerprint density at radius 1 is 1.00 bits per heavy atom. The summed E-state index contributed by atoms with van der Waals surface area (Å²) in [7, 11) is 0. The molecular weight excluding hydrogens is 226 g/mol. The molecule has 3 N–H and O–H groups in total. The Morgan fingerprint density at radius 3 is 2.28 bits per heavy atom. The number of nitrogens with two attached hydrogens (primary N) is 1. The summed E-state index contributed by atoms with van der Waals surface area (Å²) in [4.78, 5) is 10.3. The molecule has 0 aliphatic heterocycles. The van der Waals surface area contributed by atoms with Crippen molar-refractivity contribution in [2.24, 2.45) is 5.18 Å². The second-order valence-corrected chi connectivity index (χ2v) is 4.22. The summed E-state index contributed by atoms with van der Waals surface area (Å²) in [6, 6.07) is 10.8. The summed E-state index contributed by atoms with van der Waals surface area (Å²) in [6.45, 7) is 4.02. The third kappa shape index (κ3) is 2.32. The van der Waals surface area contributed by atoms with Gasteiger partial charge in [-0.25, -0.2) is 0 Å². The zero-order valence-corrected chi connectivity index (χ0v) is 10.4. The molecule has 0 saturated carbocycles. The highest BCUT2D eigenvalue weighted by Crippen LogP contribution is 2.27. The van der Waals surface area contributed by atoms with Gasteiger partial charge in [0.25, 0.3) is 0 Å². The smallest absolute Gasteiger partial charge is 0.108 e. The van der Waals surface area contributed by atoms with Crippen molar-refractivity contribution < 1.29 is 0 Å². The number of anilines is 3. The molecule has 2 rings (SSSR count). The SMILES string of the molecule is Cc1c(N)ccc(Nc2ccc(N=O)cc2)c1C. The normalized spacial score (nSPS) is 10.1. The molecule has 2 aromatic carbocycles. The molecule has 2 aromatic rings. The molecule has 0 aliphatic rings. The first-order chi connectivity index (χ1) is 8.61. The van der Waals surface area contributed by atoms with Crippen LogP contribution in [-0.4, -0.2) is 0 Å². The van der Waals surface area contributed by atoms with Gasteiger partial charge < -0.3 is 11.1 Å². The van der Waals surface area contributed by atoms with Gasteiger partial charge in [-0.3, -0.25) is 0 Å². The minimum atomic E-state index is 0.422. The van der Waals surface area contributed by atoms with Gasteiger partial charge in [-0.15, -0.1) is 4.91 Å². The monoisotopic (exact) mass is 241 g/mol. The summed E-state index contributed by atoms with van der Waals surface area (Å²) < 4.78 is 0. The van der Waals surface area contributed by atoms with Gasteiger partial charge in [-0.2, -0.15) is 0 Å². The predicted octanol–water partition coefficient (Wildman–Crippen LogP) is 4.03. The number of nitroso groups, excluding NO2 is 1. The molecule has 0 bridgehead atoms. The van der Waals surface area contributed by atoms with Crippen molar-refractivity contribution in [2.45, 2.75) is 13.8 Å². The van der Waals surface area contributed by atoms with Crippen LogP contribution in [0.25, 0.3) is 0 Å². The number of hydrogen-bond donors (Lipinski definition) is 2. The lowest BCUT2D eigenvalue weighted by atomic mass is 10.1. The fourth-order valence-corrected chi connectivity index (χ4v) is 1.74. The Balaban J connectivity index is 2.28. The van der Waals surface area contributed by atoms with Crippen LogP contribution >= 0.6 is 0 Å². The highest BCUT2D eigenvalue weighted by atomic mass is 16.3. The molecule has 0 fully saturated rings. The molecule has 0 atom stereocenters. The van der Waals surface area contributed by atoms with Gasteiger partial charge in [0.1, 0.15) is 5.69 Å². The van der Waals surface area contributed by atoms with E-state index in [4.69, 9.17) is 5.73 Å². The first-order valence-electron chi connectivity index (χ1n) is 5.68. The summed E-state index contributed by atoms with van der Waals surface area (Å²) in [5, 5.41) is 6.16. The van der Waals surface area contributed by atoms with Crippen LogP contribution in [0.5, 0.6) is 0 Å². The largest absolute Gasteiger partial charge is 0.399 e. The van der Waals surface area contributed by atoms with Crippen LogP contribution < -0.4 is 11.1 Å². The van der Waals surface area contributed by atoms with E-state index in [1.807, 2.05) is 38.1 Å². The van der Waals surface area contributed by atoms with Gasteiger partial charge in [0.05, 0.1) is 0 Å². The summed E-state index contributed by atoms with van der Waals surface area (Å²) in [6.07, 6.45) is 0. The van der Waals surface area contributed by atoms with E-state index in [1.54, 1.807) is 12.1 Å². The number of nitrogens with one attached hydrogen (secondary N) is 1. The molecule has 0 saturated heterocycles. The molecule has 0 aliphatic carbocycles. The van der Waals surface area contributed by atoms with Crippen LogP contribution in [0.15, 0.2) is 41.6 Å². The van der Waals surface area contributed by atoms with Crippen LogP contribution in [0.3, 0.4) is 0 Å². The number of nitrogens with zero attached hydrogens (tertiary/aromatic N) is 1. The topological polar surface area (TPSA) is 67.5 Å². The maximum Gasteiger partial charge on any atom is 0.108 e. The first kappa shape index (κ1) is 12.1. The van der Waals surface area contributed by atoms with Crippen molar-refractivity contribution in [1.29, 1.82) is 0 Å². The second kappa shape index (κ2) is 4.87. The van der Waals surface area contributed by atoms with E-state index in [1.165, 1.54) is 0 Å². The third-order valence-corrected chi connectivity index (χ3v) is 3.08. The summed E-state index contributed by atoms with van der Waals surface area (Å²) >= 11 is 0. The van der Waals surface area contributed by atoms with Crippen molar-refractivity contribution >= 4 is 22.7 Å². The van der Waals surface area contributed by atoms with Gasteiger partial charge in [0.15, 0.2) is 0 Å². The van der Waals surface area contributed by atoms with Gasteiger partial charge in [0.2, 0.25) is 0 Å². The number of rotatable bonds is 3. The third-order valence-electron chi connectivity index (χ3n) is 3.08. The van der Waals surface area contributed by atoms with Gasteiger partial charge in [-0.1, -0.05) is 0 Å². The average molecular weight is 241 g/mol. The zero-order valence-electron chi connectivity index (χ0n) is 10.4. The average Bonchev–Trinajstić information content (AvgIpc) is 2.40. The number of benzene rings is 2. The van der Waals surface area contributed by atoms with E-state index in [-0.39, 0.29) is 0 Å². The van der Waals surface area contributed by atoms with Crippen LogP contribution in [0.1, 0.15) is 11.1 Å². The van der Waals surface area contributed by atoms with Crippen molar-refractivity contribution in [2.75, 3.05) is 11.1 Å². The molecule has 0 aromatic heterocycles. The van der Waals surface area contributed by atoms with Crippen molar-refractivity contribution in [3.8, 4) is 0 Å². The lowest BCUT2D eigenvalue weighted by Crippen LogP contribution is -1.98. The standard InChI is InChI=1S/C14H15N3O/c1-9-10(2)14(8-7-13(9)15)16-11-3-5-12(17-18)6-4-11/h3-8,16H,15H2,1-2H3. The zero-order chi connectivity index (χ0) is 13.1. The van der Waals surface area contributed by atoms with Crippen LogP contribution in [0.2, 0.25) is 0 Å². The summed E-state index contributed by atoms with van der Waals surface area (Å²) in [5.41, 5.74) is 11.2. The lowest BCUT2D eigenvalue weighted by Gasteiger charge is -2.13. The van der Waals surface area contributed by atoms with E-state index >= 15 is 0 Å². The Bertz CT molecular complexity index is 576. The first-order valence-corrected chi connectivity index (χ1v) is 5.68. The molecule has 92 valence electrons. The maximum atomic E-state index is 10.3. The Hall–Kier alpha value is -2.36. The van der Waals surface area contributed by atoms with E-state index in [0.717, 1.165) is 28.2 Å². The van der Waals surface area contributed by atoms with E-state index in [2.05, 4.69) is 10.5 Å². The van der Waals surface area contributed by atoms with E-state index in [9.17, 15) is 4.91 Å². The number of nitrogen functional groups attached to an aromatic ring is 1. The Labute approximate surface area is 106 Å². The molecule has 0 radical (unpaired) electrons. The van der Waals surface area contributed by atoms with E-state index in [0.29, 0.717) is 5.69 Å². The molecule has 4 nitrogen and oxygen atoms in total. The maximum absolute atomic E-state index is 10.3. The quantitative estimate of drug-likeness (QED) is 0.629. The molecule has 0 unspecified atom stereocenters. The molecule has 4 heteroatoms. The highest BCUT2D eigenvalue weighted by Gasteiger charge is 2.04. The predicted molar refractivity (Wildman–Crippen MR) is 75.5 cm³/mol. The second-order valence-electron chi connectivity index (χ2n) is 4.22. The fraction of sp³-hybridized carbons (Fsp3) is 0.143. The molecular formula is C14H15N3O. The lowest BCUT2D eigenvalue weighted by molar-refractivity contribution is 1.33. The van der Waals surface area contributed by atoms with E-state index < -0.39 is 0 Å². The van der Waals surface area contributed by atoms with Crippen molar-refractivity contribution in [3.63, 3.8) is 0 Å².